The molecule has 4 aromatic rings. The third kappa shape index (κ3) is 3.59. The number of benzene rings is 2. The smallest absolute Gasteiger partial charge is 0.208 e. The van der Waals surface area contributed by atoms with E-state index in [-0.39, 0.29) is 10.9 Å². The van der Waals surface area contributed by atoms with Crippen molar-refractivity contribution < 1.29 is 8.42 Å². The summed E-state index contributed by atoms with van der Waals surface area (Å²) in [5.41, 5.74) is 2.89. The van der Waals surface area contributed by atoms with E-state index in [1.165, 1.54) is 6.42 Å². The molecule has 7 nitrogen and oxygen atoms in total. The Kier molecular flexibility index (Phi) is 4.98. The van der Waals surface area contributed by atoms with Crippen molar-refractivity contribution in [2.75, 3.05) is 0 Å². The minimum atomic E-state index is -3.63. The second-order valence-corrected chi connectivity index (χ2v) is 10.0. The fraction of sp³-hybridized carbons (Fsp3) is 0.348. The Morgan fingerprint density at radius 1 is 0.968 bits per heavy atom. The van der Waals surface area contributed by atoms with Gasteiger partial charge in [-0.05, 0) is 38.3 Å². The van der Waals surface area contributed by atoms with Gasteiger partial charge >= 0.3 is 0 Å². The van der Waals surface area contributed by atoms with Crippen molar-refractivity contribution in [3.8, 4) is 11.4 Å². The van der Waals surface area contributed by atoms with Gasteiger partial charge in [0.15, 0.2) is 11.5 Å². The van der Waals surface area contributed by atoms with Crippen LogP contribution in [0.15, 0.2) is 47.4 Å². The molecule has 2 aromatic heterocycles. The first kappa shape index (κ1) is 20.1. The van der Waals surface area contributed by atoms with Gasteiger partial charge in [-0.1, -0.05) is 55.7 Å². The summed E-state index contributed by atoms with van der Waals surface area (Å²) in [6.45, 7) is 3.77. The minimum absolute atomic E-state index is 0.00593. The average molecular weight is 436 g/mol. The SMILES string of the molecule is Cc1ccc(-c2nnc3c4ccccc4c(C)nn23)cc1S(=O)(=O)NC1CCCCC1. The zero-order valence-electron chi connectivity index (χ0n) is 17.7. The van der Waals surface area contributed by atoms with E-state index >= 15 is 0 Å². The number of hydrogen-bond donors (Lipinski definition) is 1. The molecule has 1 aliphatic carbocycles. The Morgan fingerprint density at radius 3 is 2.48 bits per heavy atom. The Balaban J connectivity index is 1.60. The van der Waals surface area contributed by atoms with Crippen molar-refractivity contribution in [1.29, 1.82) is 0 Å². The molecule has 0 aliphatic heterocycles. The van der Waals surface area contributed by atoms with E-state index in [2.05, 4.69) is 20.0 Å². The van der Waals surface area contributed by atoms with Gasteiger partial charge < -0.3 is 0 Å². The highest BCUT2D eigenvalue weighted by atomic mass is 32.2. The van der Waals surface area contributed by atoms with E-state index < -0.39 is 10.0 Å². The molecular formula is C23H25N5O2S. The lowest BCUT2D eigenvalue weighted by molar-refractivity contribution is 0.412. The monoisotopic (exact) mass is 435 g/mol. The van der Waals surface area contributed by atoms with E-state index in [1.54, 1.807) is 10.6 Å². The second kappa shape index (κ2) is 7.69. The van der Waals surface area contributed by atoms with Crippen LogP contribution in [0.25, 0.3) is 27.8 Å². The Bertz CT molecular complexity index is 1390. The number of nitrogens with zero attached hydrogens (tertiary/aromatic N) is 4. The molecule has 1 N–H and O–H groups in total. The first-order valence-corrected chi connectivity index (χ1v) is 12.2. The molecular weight excluding hydrogens is 410 g/mol. The van der Waals surface area contributed by atoms with Crippen LogP contribution in [0.3, 0.4) is 0 Å². The fourth-order valence-electron chi connectivity index (χ4n) is 4.45. The molecule has 0 saturated heterocycles. The van der Waals surface area contributed by atoms with Gasteiger partial charge in [0.1, 0.15) is 0 Å². The molecule has 0 unspecified atom stereocenters. The first-order chi connectivity index (χ1) is 14.9. The summed E-state index contributed by atoms with van der Waals surface area (Å²) in [7, 11) is -3.63. The number of rotatable bonds is 4. The molecule has 0 radical (unpaired) electrons. The highest BCUT2D eigenvalue weighted by molar-refractivity contribution is 7.89. The number of hydrogen-bond acceptors (Lipinski definition) is 5. The summed E-state index contributed by atoms with van der Waals surface area (Å²) in [4.78, 5) is 0.282. The largest absolute Gasteiger partial charge is 0.241 e. The van der Waals surface area contributed by atoms with Gasteiger partial charge in [0.25, 0.3) is 0 Å². The minimum Gasteiger partial charge on any atom is -0.208 e. The van der Waals surface area contributed by atoms with Gasteiger partial charge in [-0.3, -0.25) is 0 Å². The van der Waals surface area contributed by atoms with Crippen molar-refractivity contribution in [3.63, 3.8) is 0 Å². The predicted octanol–water partition coefficient (Wildman–Crippen LogP) is 4.17. The standard InChI is InChI=1S/C23H25N5O2S/c1-15-12-13-17(14-21(15)31(29,30)27-18-8-4-3-5-9-18)22-24-25-23-20-11-7-6-10-19(20)16(2)26-28(22)23/h6-7,10-14,18,27H,3-5,8-9H2,1-2H3. The lowest BCUT2D eigenvalue weighted by Gasteiger charge is -2.23. The van der Waals surface area contributed by atoms with Gasteiger partial charge in [-0.15, -0.1) is 10.2 Å². The molecule has 5 rings (SSSR count). The third-order valence-corrected chi connectivity index (χ3v) is 7.77. The molecule has 2 heterocycles. The number of nitrogens with one attached hydrogen (secondary N) is 1. The fourth-order valence-corrected chi connectivity index (χ4v) is 6.03. The Labute approximate surface area is 181 Å². The van der Waals surface area contributed by atoms with Crippen molar-refractivity contribution in [3.05, 3.63) is 53.7 Å². The van der Waals surface area contributed by atoms with E-state index in [4.69, 9.17) is 0 Å². The van der Waals surface area contributed by atoms with E-state index in [9.17, 15) is 8.42 Å². The Morgan fingerprint density at radius 2 is 1.71 bits per heavy atom. The molecule has 0 atom stereocenters. The lowest BCUT2D eigenvalue weighted by atomic mass is 9.96. The summed E-state index contributed by atoms with van der Waals surface area (Å²) in [5.74, 6) is 0.526. The molecule has 1 fully saturated rings. The Hall–Kier alpha value is -2.84. The third-order valence-electron chi connectivity index (χ3n) is 6.11. The van der Waals surface area contributed by atoms with Crippen LogP contribution in [0.1, 0.15) is 43.4 Å². The predicted molar refractivity (Wildman–Crippen MR) is 120 cm³/mol. The molecule has 0 bridgehead atoms. The topological polar surface area (TPSA) is 89.2 Å². The van der Waals surface area contributed by atoms with Crippen LogP contribution in [-0.2, 0) is 10.0 Å². The highest BCUT2D eigenvalue weighted by Gasteiger charge is 2.24. The molecule has 1 saturated carbocycles. The number of fused-ring (bicyclic) bond motifs is 3. The number of sulfonamides is 1. The van der Waals surface area contributed by atoms with Crippen molar-refractivity contribution in [2.45, 2.75) is 56.9 Å². The highest BCUT2D eigenvalue weighted by Crippen LogP contribution is 2.28. The van der Waals surface area contributed by atoms with Crippen LogP contribution >= 0.6 is 0 Å². The van der Waals surface area contributed by atoms with E-state index in [0.717, 1.165) is 42.1 Å². The maximum atomic E-state index is 13.2. The van der Waals surface area contributed by atoms with Crippen molar-refractivity contribution in [2.24, 2.45) is 0 Å². The van der Waals surface area contributed by atoms with Crippen LogP contribution < -0.4 is 4.72 Å². The van der Waals surface area contributed by atoms with Crippen molar-refractivity contribution >= 4 is 26.4 Å². The zero-order valence-corrected chi connectivity index (χ0v) is 18.5. The molecule has 160 valence electrons. The van der Waals surface area contributed by atoms with Gasteiger partial charge in [-0.25, -0.2) is 13.1 Å². The maximum Gasteiger partial charge on any atom is 0.241 e. The zero-order chi connectivity index (χ0) is 21.6. The molecule has 1 aliphatic rings. The maximum absolute atomic E-state index is 13.2. The van der Waals surface area contributed by atoms with E-state index in [0.29, 0.717) is 22.6 Å². The van der Waals surface area contributed by atoms with Gasteiger partial charge in [0.2, 0.25) is 10.0 Å². The van der Waals surface area contributed by atoms with Crippen LogP contribution in [0.2, 0.25) is 0 Å². The normalized spacial score (nSPS) is 15.7. The summed E-state index contributed by atoms with van der Waals surface area (Å²) in [5, 5.41) is 15.4. The molecule has 2 aromatic carbocycles. The molecule has 8 heteroatoms. The first-order valence-electron chi connectivity index (χ1n) is 10.7. The van der Waals surface area contributed by atoms with Crippen molar-refractivity contribution in [1.82, 2.24) is 24.5 Å². The van der Waals surface area contributed by atoms with Gasteiger partial charge in [0.05, 0.1) is 10.6 Å². The van der Waals surface area contributed by atoms with E-state index in [1.807, 2.05) is 50.2 Å². The summed E-state index contributed by atoms with van der Waals surface area (Å²) < 4.78 is 30.9. The molecule has 31 heavy (non-hydrogen) atoms. The summed E-state index contributed by atoms with van der Waals surface area (Å²) >= 11 is 0. The lowest BCUT2D eigenvalue weighted by Crippen LogP contribution is -2.36. The van der Waals surface area contributed by atoms with Crippen LogP contribution in [0.5, 0.6) is 0 Å². The van der Waals surface area contributed by atoms with Gasteiger partial charge in [-0.2, -0.15) is 9.61 Å². The quantitative estimate of drug-likeness (QED) is 0.520. The second-order valence-electron chi connectivity index (χ2n) is 8.33. The van der Waals surface area contributed by atoms with Crippen LogP contribution in [0, 0.1) is 13.8 Å². The average Bonchev–Trinajstić information content (AvgIpc) is 3.18. The number of aryl methyl sites for hydroxylation is 2. The number of aromatic nitrogens is 4. The molecule has 0 amide bonds. The summed E-state index contributed by atoms with van der Waals surface area (Å²) in [6.07, 6.45) is 5.09. The van der Waals surface area contributed by atoms with Crippen LogP contribution in [-0.4, -0.2) is 34.3 Å². The molecule has 0 spiro atoms. The van der Waals surface area contributed by atoms with Crippen LogP contribution in [0.4, 0.5) is 0 Å². The van der Waals surface area contributed by atoms with Gasteiger partial charge in [0, 0.05) is 22.4 Å². The summed E-state index contributed by atoms with van der Waals surface area (Å²) in [6, 6.07) is 13.3.